The first-order chi connectivity index (χ1) is 9.89. The number of aryl methyl sites for hydroxylation is 2. The summed E-state index contributed by atoms with van der Waals surface area (Å²) in [4.78, 5) is 24.2. The minimum Gasteiger partial charge on any atom is -0.343 e. The molecule has 1 aromatic rings. The van der Waals surface area contributed by atoms with E-state index in [4.69, 9.17) is 0 Å². The number of hydrogen-bond acceptors (Lipinski definition) is 2. The number of carbonyl (C=O) groups excluding carboxylic acids is 2. The average Bonchev–Trinajstić information content (AvgIpc) is 2.28. The Labute approximate surface area is 133 Å². The molecule has 0 aromatic heterocycles. The smallest absolute Gasteiger partial charge is 0.313 e. The summed E-state index contributed by atoms with van der Waals surface area (Å²) in [5.41, 5.74) is 2.36. The number of hydrogen-bond donors (Lipinski definition) is 2. The first-order valence-corrected chi connectivity index (χ1v) is 7.60. The number of carbonyl (C=O) groups is 2. The second kappa shape index (κ2) is 6.51. The highest BCUT2D eigenvalue weighted by Crippen LogP contribution is 2.26. The highest BCUT2D eigenvalue weighted by molar-refractivity contribution is 6.39. The van der Waals surface area contributed by atoms with Crippen molar-refractivity contribution in [3.05, 3.63) is 29.3 Å². The van der Waals surface area contributed by atoms with Crippen molar-refractivity contribution >= 4 is 17.5 Å². The van der Waals surface area contributed by atoms with Crippen molar-refractivity contribution in [1.82, 2.24) is 5.32 Å². The van der Waals surface area contributed by atoms with E-state index in [0.29, 0.717) is 5.69 Å². The van der Waals surface area contributed by atoms with Gasteiger partial charge in [-0.05, 0) is 51.2 Å². The van der Waals surface area contributed by atoms with E-state index in [-0.39, 0.29) is 5.41 Å². The van der Waals surface area contributed by atoms with Gasteiger partial charge in [-0.3, -0.25) is 9.59 Å². The molecule has 0 aliphatic heterocycles. The van der Waals surface area contributed by atoms with Gasteiger partial charge in [-0.25, -0.2) is 0 Å². The standard InChI is InChI=1S/C18H28N2O2/c1-12-8-9-14(13(2)10-12)19-15(21)16(22)20-18(6,7)11-17(3,4)5/h8-10H,11H2,1-7H3,(H,19,21)(H,20,22). The van der Waals surface area contributed by atoms with E-state index in [1.165, 1.54) is 0 Å². The van der Waals surface area contributed by atoms with Gasteiger partial charge in [0.1, 0.15) is 0 Å². The summed E-state index contributed by atoms with van der Waals surface area (Å²) >= 11 is 0. The molecule has 0 saturated carbocycles. The van der Waals surface area contributed by atoms with Crippen molar-refractivity contribution in [3.8, 4) is 0 Å². The Kier molecular flexibility index (Phi) is 5.39. The predicted octanol–water partition coefficient (Wildman–Crippen LogP) is 3.57. The van der Waals surface area contributed by atoms with Gasteiger partial charge in [0.15, 0.2) is 0 Å². The van der Waals surface area contributed by atoms with Crippen LogP contribution in [0, 0.1) is 19.3 Å². The van der Waals surface area contributed by atoms with E-state index in [0.717, 1.165) is 17.5 Å². The number of rotatable bonds is 3. The van der Waals surface area contributed by atoms with Crippen LogP contribution in [-0.2, 0) is 9.59 Å². The lowest BCUT2D eigenvalue weighted by Gasteiger charge is -2.33. The monoisotopic (exact) mass is 304 g/mol. The second-order valence-electron chi connectivity index (χ2n) is 7.85. The predicted molar refractivity (Wildman–Crippen MR) is 90.8 cm³/mol. The molecule has 0 saturated heterocycles. The van der Waals surface area contributed by atoms with Crippen LogP contribution in [0.25, 0.3) is 0 Å². The van der Waals surface area contributed by atoms with Crippen LogP contribution in [0.1, 0.15) is 52.2 Å². The highest BCUT2D eigenvalue weighted by Gasteiger charge is 2.29. The van der Waals surface area contributed by atoms with Crippen LogP contribution in [0.15, 0.2) is 18.2 Å². The van der Waals surface area contributed by atoms with Crippen LogP contribution in [0.2, 0.25) is 0 Å². The number of amides is 2. The topological polar surface area (TPSA) is 58.2 Å². The van der Waals surface area contributed by atoms with Crippen molar-refractivity contribution in [1.29, 1.82) is 0 Å². The summed E-state index contributed by atoms with van der Waals surface area (Å²) in [6.45, 7) is 14.1. The van der Waals surface area contributed by atoms with Crippen molar-refractivity contribution < 1.29 is 9.59 Å². The van der Waals surface area contributed by atoms with E-state index in [1.807, 2.05) is 45.9 Å². The summed E-state index contributed by atoms with van der Waals surface area (Å²) < 4.78 is 0. The van der Waals surface area contributed by atoms with Crippen LogP contribution in [0.5, 0.6) is 0 Å². The zero-order valence-corrected chi connectivity index (χ0v) is 14.8. The molecule has 4 nitrogen and oxygen atoms in total. The van der Waals surface area contributed by atoms with Gasteiger partial charge < -0.3 is 10.6 Å². The van der Waals surface area contributed by atoms with Crippen LogP contribution < -0.4 is 10.6 Å². The lowest BCUT2D eigenvalue weighted by molar-refractivity contribution is -0.137. The molecule has 122 valence electrons. The summed E-state index contributed by atoms with van der Waals surface area (Å²) in [6.07, 6.45) is 0.780. The molecule has 0 bridgehead atoms. The largest absolute Gasteiger partial charge is 0.343 e. The normalized spacial score (nSPS) is 12.0. The maximum absolute atomic E-state index is 12.1. The number of anilines is 1. The molecule has 0 heterocycles. The average molecular weight is 304 g/mol. The van der Waals surface area contributed by atoms with Gasteiger partial charge in [-0.2, -0.15) is 0 Å². The van der Waals surface area contributed by atoms with E-state index < -0.39 is 17.4 Å². The van der Waals surface area contributed by atoms with Crippen LogP contribution in [0.3, 0.4) is 0 Å². The van der Waals surface area contributed by atoms with Gasteiger partial charge in [-0.15, -0.1) is 0 Å². The Morgan fingerprint density at radius 1 is 1.00 bits per heavy atom. The third kappa shape index (κ3) is 5.88. The molecular weight excluding hydrogens is 276 g/mol. The number of nitrogens with one attached hydrogen (secondary N) is 2. The van der Waals surface area contributed by atoms with Crippen molar-refractivity contribution in [3.63, 3.8) is 0 Å². The zero-order chi connectivity index (χ0) is 17.1. The molecule has 1 rings (SSSR count). The molecule has 1 aromatic carbocycles. The van der Waals surface area contributed by atoms with E-state index >= 15 is 0 Å². The Morgan fingerprint density at radius 2 is 1.59 bits per heavy atom. The van der Waals surface area contributed by atoms with Crippen LogP contribution in [-0.4, -0.2) is 17.4 Å². The molecule has 0 aliphatic rings. The second-order valence-corrected chi connectivity index (χ2v) is 7.85. The van der Waals surface area contributed by atoms with E-state index in [9.17, 15) is 9.59 Å². The van der Waals surface area contributed by atoms with Gasteiger partial charge in [0.2, 0.25) is 0 Å². The van der Waals surface area contributed by atoms with Crippen molar-refractivity contribution in [2.75, 3.05) is 5.32 Å². The highest BCUT2D eigenvalue weighted by atomic mass is 16.2. The Bertz CT molecular complexity index is 569. The van der Waals surface area contributed by atoms with Gasteiger partial charge in [0, 0.05) is 11.2 Å². The molecule has 0 aliphatic carbocycles. The summed E-state index contributed by atoms with van der Waals surface area (Å²) in [5, 5.41) is 5.48. The molecule has 4 heteroatoms. The zero-order valence-electron chi connectivity index (χ0n) is 14.8. The minimum absolute atomic E-state index is 0.0702. The van der Waals surface area contributed by atoms with Gasteiger partial charge >= 0.3 is 11.8 Å². The van der Waals surface area contributed by atoms with E-state index in [2.05, 4.69) is 31.4 Å². The lowest BCUT2D eigenvalue weighted by atomic mass is 9.82. The fourth-order valence-electron chi connectivity index (χ4n) is 2.87. The fourth-order valence-corrected chi connectivity index (χ4v) is 2.87. The maximum atomic E-state index is 12.1. The Balaban J connectivity index is 2.71. The van der Waals surface area contributed by atoms with Gasteiger partial charge in [0.25, 0.3) is 0 Å². The summed E-state index contributed by atoms with van der Waals surface area (Å²) in [7, 11) is 0. The quantitative estimate of drug-likeness (QED) is 0.839. The molecule has 2 amide bonds. The molecule has 0 radical (unpaired) electrons. The maximum Gasteiger partial charge on any atom is 0.313 e. The number of benzene rings is 1. The first kappa shape index (κ1) is 18.2. The summed E-state index contributed by atoms with van der Waals surface area (Å²) in [5.74, 6) is -1.23. The Hall–Kier alpha value is -1.84. The Morgan fingerprint density at radius 3 is 2.09 bits per heavy atom. The molecule has 0 atom stereocenters. The van der Waals surface area contributed by atoms with Gasteiger partial charge in [0.05, 0.1) is 0 Å². The molecule has 2 N–H and O–H groups in total. The van der Waals surface area contributed by atoms with Crippen molar-refractivity contribution in [2.24, 2.45) is 5.41 Å². The molecule has 0 unspecified atom stereocenters. The minimum atomic E-state index is -0.631. The first-order valence-electron chi connectivity index (χ1n) is 7.60. The molecule has 22 heavy (non-hydrogen) atoms. The molecule has 0 fully saturated rings. The summed E-state index contributed by atoms with van der Waals surface area (Å²) in [6, 6.07) is 5.69. The van der Waals surface area contributed by atoms with E-state index in [1.54, 1.807) is 0 Å². The molecule has 0 spiro atoms. The SMILES string of the molecule is Cc1ccc(NC(=O)C(=O)NC(C)(C)CC(C)(C)C)c(C)c1. The third-order valence-electron chi connectivity index (χ3n) is 3.26. The molecular formula is C18H28N2O2. The van der Waals surface area contributed by atoms with Gasteiger partial charge in [-0.1, -0.05) is 38.5 Å². The fraction of sp³-hybridized carbons (Fsp3) is 0.556. The lowest BCUT2D eigenvalue weighted by Crippen LogP contribution is -2.49. The van der Waals surface area contributed by atoms with Crippen LogP contribution in [0.4, 0.5) is 5.69 Å². The van der Waals surface area contributed by atoms with Crippen molar-refractivity contribution in [2.45, 2.75) is 60.4 Å². The van der Waals surface area contributed by atoms with Crippen LogP contribution >= 0.6 is 0 Å². The third-order valence-corrected chi connectivity index (χ3v) is 3.26.